The SMILES string of the molecule is CNC(=O)/C(C#N)=C\c1cn(-c2ccccc2)nc1-c1cccc(OCc2ccc(C)cc2)c1. The summed E-state index contributed by atoms with van der Waals surface area (Å²) in [7, 11) is 1.50. The molecule has 6 heteroatoms. The first-order valence-corrected chi connectivity index (χ1v) is 10.8. The lowest BCUT2D eigenvalue weighted by Gasteiger charge is -2.08. The minimum Gasteiger partial charge on any atom is -0.489 e. The summed E-state index contributed by atoms with van der Waals surface area (Å²) in [6.45, 7) is 2.50. The fourth-order valence-corrected chi connectivity index (χ4v) is 3.45. The number of para-hydroxylation sites is 1. The van der Waals surface area contributed by atoms with E-state index in [9.17, 15) is 10.1 Å². The van der Waals surface area contributed by atoms with Gasteiger partial charge >= 0.3 is 0 Å². The smallest absolute Gasteiger partial charge is 0.261 e. The van der Waals surface area contributed by atoms with E-state index in [1.165, 1.54) is 12.6 Å². The zero-order valence-corrected chi connectivity index (χ0v) is 19.0. The number of benzene rings is 3. The van der Waals surface area contributed by atoms with Crippen molar-refractivity contribution in [1.82, 2.24) is 15.1 Å². The van der Waals surface area contributed by atoms with Crippen LogP contribution in [0.1, 0.15) is 16.7 Å². The Hall–Kier alpha value is -4.63. The van der Waals surface area contributed by atoms with Crippen molar-refractivity contribution in [2.24, 2.45) is 0 Å². The molecule has 1 aromatic heterocycles. The van der Waals surface area contributed by atoms with Crippen LogP contribution in [0.25, 0.3) is 23.0 Å². The van der Waals surface area contributed by atoms with E-state index in [0.717, 1.165) is 16.8 Å². The summed E-state index contributed by atoms with van der Waals surface area (Å²) in [5, 5.41) is 16.8. The molecule has 0 atom stereocenters. The van der Waals surface area contributed by atoms with E-state index >= 15 is 0 Å². The van der Waals surface area contributed by atoms with Crippen LogP contribution < -0.4 is 10.1 Å². The highest BCUT2D eigenvalue weighted by atomic mass is 16.5. The van der Waals surface area contributed by atoms with Crippen molar-refractivity contribution < 1.29 is 9.53 Å². The molecule has 0 radical (unpaired) electrons. The van der Waals surface area contributed by atoms with Crippen LogP contribution in [0.5, 0.6) is 5.75 Å². The summed E-state index contributed by atoms with van der Waals surface area (Å²) in [4.78, 5) is 12.1. The van der Waals surface area contributed by atoms with Gasteiger partial charge in [-0.1, -0.05) is 60.2 Å². The van der Waals surface area contributed by atoms with Crippen LogP contribution in [0.15, 0.2) is 90.6 Å². The predicted molar refractivity (Wildman–Crippen MR) is 132 cm³/mol. The summed E-state index contributed by atoms with van der Waals surface area (Å²) in [6, 6.07) is 27.5. The van der Waals surface area contributed by atoms with Gasteiger partial charge in [-0.3, -0.25) is 4.79 Å². The van der Waals surface area contributed by atoms with Gasteiger partial charge in [-0.2, -0.15) is 10.4 Å². The summed E-state index contributed by atoms with van der Waals surface area (Å²) < 4.78 is 7.75. The van der Waals surface area contributed by atoms with Gasteiger partial charge in [0, 0.05) is 24.4 Å². The van der Waals surface area contributed by atoms with E-state index in [0.29, 0.717) is 23.6 Å². The van der Waals surface area contributed by atoms with Gasteiger partial charge in [0.2, 0.25) is 0 Å². The van der Waals surface area contributed by atoms with Gasteiger partial charge in [-0.15, -0.1) is 0 Å². The molecule has 0 aliphatic heterocycles. The number of aryl methyl sites for hydroxylation is 1. The maximum Gasteiger partial charge on any atom is 0.261 e. The van der Waals surface area contributed by atoms with E-state index in [4.69, 9.17) is 9.84 Å². The van der Waals surface area contributed by atoms with Crippen molar-refractivity contribution in [3.8, 4) is 28.8 Å². The normalized spacial score (nSPS) is 11.0. The van der Waals surface area contributed by atoms with Crippen molar-refractivity contribution >= 4 is 12.0 Å². The third-order valence-electron chi connectivity index (χ3n) is 5.29. The molecule has 0 spiro atoms. The molecule has 34 heavy (non-hydrogen) atoms. The minimum absolute atomic E-state index is 0.00290. The van der Waals surface area contributed by atoms with E-state index in [-0.39, 0.29) is 5.57 Å². The van der Waals surface area contributed by atoms with Gasteiger partial charge in [-0.25, -0.2) is 4.68 Å². The number of aromatic nitrogens is 2. The highest BCUT2D eigenvalue weighted by molar-refractivity contribution is 6.02. The number of carbonyl (C=O) groups excluding carboxylic acids is 1. The number of nitrogens with zero attached hydrogens (tertiary/aromatic N) is 3. The summed E-state index contributed by atoms with van der Waals surface area (Å²) in [6.07, 6.45) is 3.37. The molecule has 168 valence electrons. The van der Waals surface area contributed by atoms with Crippen molar-refractivity contribution in [1.29, 1.82) is 5.26 Å². The highest BCUT2D eigenvalue weighted by Crippen LogP contribution is 2.29. The number of amides is 1. The zero-order valence-electron chi connectivity index (χ0n) is 19.0. The zero-order chi connectivity index (χ0) is 23.9. The molecule has 1 N–H and O–H groups in total. The number of hydrogen-bond donors (Lipinski definition) is 1. The Morgan fingerprint density at radius 2 is 1.85 bits per heavy atom. The Labute approximate surface area is 198 Å². The van der Waals surface area contributed by atoms with Crippen molar-refractivity contribution in [2.75, 3.05) is 7.05 Å². The van der Waals surface area contributed by atoms with Gasteiger partial charge in [0.15, 0.2) is 0 Å². The van der Waals surface area contributed by atoms with Gasteiger partial charge in [-0.05, 0) is 42.8 Å². The standard InChI is InChI=1S/C28H24N4O2/c1-20-11-13-21(14-12-20)19-34-26-10-6-7-22(16-26)27-24(15-23(17-29)28(33)30-2)18-32(31-27)25-8-4-3-5-9-25/h3-16,18H,19H2,1-2H3,(H,30,33)/b23-15-. The molecule has 0 fully saturated rings. The van der Waals surface area contributed by atoms with Gasteiger partial charge in [0.1, 0.15) is 29.7 Å². The molecule has 6 nitrogen and oxygen atoms in total. The summed E-state index contributed by atoms with van der Waals surface area (Å²) in [5.74, 6) is 0.255. The lowest BCUT2D eigenvalue weighted by Crippen LogP contribution is -2.19. The Kier molecular flexibility index (Phi) is 6.85. The number of nitrogens with one attached hydrogen (secondary N) is 1. The van der Waals surface area contributed by atoms with Crippen LogP contribution in [-0.4, -0.2) is 22.7 Å². The van der Waals surface area contributed by atoms with Crippen LogP contribution >= 0.6 is 0 Å². The van der Waals surface area contributed by atoms with E-state index in [1.54, 1.807) is 10.8 Å². The third-order valence-corrected chi connectivity index (χ3v) is 5.29. The molecule has 0 aliphatic carbocycles. The average molecular weight is 449 g/mol. The van der Waals surface area contributed by atoms with Gasteiger partial charge < -0.3 is 10.1 Å². The Bertz CT molecular complexity index is 1360. The van der Waals surface area contributed by atoms with Crippen molar-refractivity contribution in [3.05, 3.63) is 107 Å². The Morgan fingerprint density at radius 3 is 2.56 bits per heavy atom. The average Bonchev–Trinajstić information content (AvgIpc) is 3.31. The molecule has 1 heterocycles. The molecule has 0 unspecified atom stereocenters. The van der Waals surface area contributed by atoms with E-state index in [1.807, 2.05) is 79.0 Å². The second kappa shape index (κ2) is 10.3. The molecule has 0 saturated heterocycles. The topological polar surface area (TPSA) is 79.9 Å². The Morgan fingerprint density at radius 1 is 1.09 bits per heavy atom. The number of likely N-dealkylation sites (N-methyl/N-ethyl adjacent to an activating group) is 1. The quantitative estimate of drug-likeness (QED) is 0.316. The number of carbonyl (C=O) groups is 1. The molecule has 3 aromatic carbocycles. The fourth-order valence-electron chi connectivity index (χ4n) is 3.45. The van der Waals surface area contributed by atoms with Crippen molar-refractivity contribution in [3.63, 3.8) is 0 Å². The molecule has 1 amide bonds. The molecule has 4 rings (SSSR count). The summed E-state index contributed by atoms with van der Waals surface area (Å²) in [5.41, 5.74) is 5.26. The van der Waals surface area contributed by atoms with E-state index in [2.05, 4.69) is 24.4 Å². The molecule has 0 bridgehead atoms. The first-order chi connectivity index (χ1) is 16.6. The summed E-state index contributed by atoms with van der Waals surface area (Å²) >= 11 is 0. The first kappa shape index (κ1) is 22.6. The monoisotopic (exact) mass is 448 g/mol. The van der Waals surface area contributed by atoms with Gasteiger partial charge in [0.05, 0.1) is 5.69 Å². The lowest BCUT2D eigenvalue weighted by atomic mass is 10.1. The molecular formula is C28H24N4O2. The lowest BCUT2D eigenvalue weighted by molar-refractivity contribution is -0.116. The second-order valence-electron chi connectivity index (χ2n) is 7.76. The highest BCUT2D eigenvalue weighted by Gasteiger charge is 2.15. The molecule has 0 saturated carbocycles. The predicted octanol–water partition coefficient (Wildman–Crippen LogP) is 5.08. The largest absolute Gasteiger partial charge is 0.489 e. The second-order valence-corrected chi connectivity index (χ2v) is 7.76. The van der Waals surface area contributed by atoms with Crippen molar-refractivity contribution in [2.45, 2.75) is 13.5 Å². The number of rotatable bonds is 7. The maximum atomic E-state index is 12.1. The van der Waals surface area contributed by atoms with Crippen LogP contribution in [-0.2, 0) is 11.4 Å². The van der Waals surface area contributed by atoms with Crippen LogP contribution in [0, 0.1) is 18.3 Å². The third kappa shape index (κ3) is 5.22. The van der Waals surface area contributed by atoms with Crippen LogP contribution in [0.4, 0.5) is 0 Å². The first-order valence-electron chi connectivity index (χ1n) is 10.8. The number of hydrogen-bond acceptors (Lipinski definition) is 4. The number of ether oxygens (including phenoxy) is 1. The number of nitriles is 1. The molecular weight excluding hydrogens is 424 g/mol. The Balaban J connectivity index is 1.71. The fraction of sp³-hybridized carbons (Fsp3) is 0.107. The molecule has 0 aliphatic rings. The minimum atomic E-state index is -0.448. The van der Waals surface area contributed by atoms with Gasteiger partial charge in [0.25, 0.3) is 5.91 Å². The van der Waals surface area contributed by atoms with Crippen LogP contribution in [0.3, 0.4) is 0 Å². The maximum absolute atomic E-state index is 12.1. The van der Waals surface area contributed by atoms with Crippen LogP contribution in [0.2, 0.25) is 0 Å². The molecule has 4 aromatic rings. The van der Waals surface area contributed by atoms with E-state index < -0.39 is 5.91 Å².